The number of carbonyl (C=O) groups excluding carboxylic acids is 1. The van der Waals surface area contributed by atoms with E-state index >= 15 is 0 Å². The molecule has 2 rings (SSSR count). The summed E-state index contributed by atoms with van der Waals surface area (Å²) >= 11 is 0. The number of nitrogens with one attached hydrogen (secondary N) is 1. The van der Waals surface area contributed by atoms with Crippen molar-refractivity contribution in [3.8, 4) is 11.8 Å². The highest BCUT2D eigenvalue weighted by atomic mass is 16.5. The molecule has 0 radical (unpaired) electrons. The first kappa shape index (κ1) is 13.0. The molecule has 0 spiro atoms. The van der Waals surface area contributed by atoms with Crippen molar-refractivity contribution in [1.82, 2.24) is 5.32 Å². The molecule has 0 aliphatic carbocycles. The summed E-state index contributed by atoms with van der Waals surface area (Å²) < 4.78 is 10.2. The molecule has 1 aromatic carbocycles. The van der Waals surface area contributed by atoms with Gasteiger partial charge in [-0.2, -0.15) is 5.26 Å². The molecule has 0 aromatic heterocycles. The number of nitriles is 1. The maximum Gasteiger partial charge on any atom is 0.227 e. The summed E-state index contributed by atoms with van der Waals surface area (Å²) in [6.45, 7) is 0. The van der Waals surface area contributed by atoms with Gasteiger partial charge in [0.1, 0.15) is 11.8 Å². The Morgan fingerprint density at radius 1 is 1.26 bits per heavy atom. The number of carbonyl (C=O) groups is 1. The third kappa shape index (κ3) is 2.52. The average Bonchev–Trinajstić information content (AvgIpc) is 2.46. The summed E-state index contributed by atoms with van der Waals surface area (Å²) in [6, 6.07) is 9.44. The van der Waals surface area contributed by atoms with Gasteiger partial charge >= 0.3 is 0 Å². The molecule has 0 fully saturated rings. The van der Waals surface area contributed by atoms with E-state index in [0.29, 0.717) is 5.57 Å². The van der Waals surface area contributed by atoms with Gasteiger partial charge in [-0.3, -0.25) is 10.1 Å². The van der Waals surface area contributed by atoms with Crippen LogP contribution in [0, 0.1) is 11.3 Å². The molecule has 5 heteroatoms. The Balaban J connectivity index is 2.41. The third-order valence-corrected chi connectivity index (χ3v) is 3.08. The number of benzene rings is 1. The maximum atomic E-state index is 11.6. The van der Waals surface area contributed by atoms with Gasteiger partial charge in [0.25, 0.3) is 0 Å². The van der Waals surface area contributed by atoms with Crippen molar-refractivity contribution in [3.05, 3.63) is 41.3 Å². The normalized spacial score (nSPS) is 18.6. The van der Waals surface area contributed by atoms with Crippen LogP contribution in [-0.4, -0.2) is 20.1 Å². The first-order valence-corrected chi connectivity index (χ1v) is 5.81. The molecular formula is C14H14N2O3. The van der Waals surface area contributed by atoms with Gasteiger partial charge < -0.3 is 9.47 Å². The van der Waals surface area contributed by atoms with Gasteiger partial charge in [-0.15, -0.1) is 0 Å². The van der Waals surface area contributed by atoms with Crippen molar-refractivity contribution in [2.24, 2.45) is 0 Å². The predicted octanol–water partition coefficient (Wildman–Crippen LogP) is 1.68. The van der Waals surface area contributed by atoms with Crippen LogP contribution in [-0.2, 0) is 9.53 Å². The lowest BCUT2D eigenvalue weighted by atomic mass is 9.86. The van der Waals surface area contributed by atoms with Crippen LogP contribution >= 0.6 is 0 Å². The summed E-state index contributed by atoms with van der Waals surface area (Å²) in [5, 5.41) is 11.8. The number of hydrogen-bond donors (Lipinski definition) is 1. The minimum Gasteiger partial charge on any atom is -0.497 e. The average molecular weight is 258 g/mol. The van der Waals surface area contributed by atoms with Gasteiger partial charge in [-0.25, -0.2) is 0 Å². The van der Waals surface area contributed by atoms with Crippen LogP contribution in [0.3, 0.4) is 0 Å². The molecular weight excluding hydrogens is 244 g/mol. The van der Waals surface area contributed by atoms with E-state index in [4.69, 9.17) is 9.47 Å². The minimum absolute atomic E-state index is 0.156. The summed E-state index contributed by atoms with van der Waals surface area (Å²) in [5.74, 6) is 0.536. The summed E-state index contributed by atoms with van der Waals surface area (Å²) in [7, 11) is 3.02. The smallest absolute Gasteiger partial charge is 0.227 e. The van der Waals surface area contributed by atoms with E-state index in [9.17, 15) is 10.1 Å². The number of rotatable bonds is 3. The first-order chi connectivity index (χ1) is 9.19. The Morgan fingerprint density at radius 2 is 1.95 bits per heavy atom. The number of allylic oxidation sites excluding steroid dienone is 1. The van der Waals surface area contributed by atoms with Crippen LogP contribution in [0.5, 0.6) is 5.75 Å². The highest BCUT2D eigenvalue weighted by Gasteiger charge is 2.30. The molecule has 1 unspecified atom stereocenters. The first-order valence-electron chi connectivity index (χ1n) is 5.81. The number of methoxy groups -OCH3 is 2. The van der Waals surface area contributed by atoms with E-state index in [1.165, 1.54) is 7.11 Å². The molecule has 1 heterocycles. The Bertz CT molecular complexity index is 555. The van der Waals surface area contributed by atoms with Crippen molar-refractivity contribution >= 4 is 5.91 Å². The molecule has 1 atom stereocenters. The lowest BCUT2D eigenvalue weighted by Crippen LogP contribution is -2.32. The second kappa shape index (κ2) is 5.44. The molecule has 0 bridgehead atoms. The summed E-state index contributed by atoms with van der Waals surface area (Å²) in [5.41, 5.74) is 1.33. The fraction of sp³-hybridized carbons (Fsp3) is 0.286. The topological polar surface area (TPSA) is 71.3 Å². The van der Waals surface area contributed by atoms with Crippen LogP contribution in [0.2, 0.25) is 0 Å². The zero-order chi connectivity index (χ0) is 13.8. The second-order valence-electron chi connectivity index (χ2n) is 4.14. The molecule has 5 nitrogen and oxygen atoms in total. The molecule has 98 valence electrons. The van der Waals surface area contributed by atoms with Crippen LogP contribution in [0.15, 0.2) is 35.7 Å². The lowest BCUT2D eigenvalue weighted by molar-refractivity contribution is -0.122. The van der Waals surface area contributed by atoms with E-state index in [-0.39, 0.29) is 24.1 Å². The van der Waals surface area contributed by atoms with Crippen LogP contribution in [0.4, 0.5) is 0 Å². The number of nitrogens with zero attached hydrogens (tertiary/aromatic N) is 1. The summed E-state index contributed by atoms with van der Waals surface area (Å²) in [4.78, 5) is 11.6. The minimum atomic E-state index is -0.278. The second-order valence-corrected chi connectivity index (χ2v) is 4.14. The fourth-order valence-corrected chi connectivity index (χ4v) is 2.10. The van der Waals surface area contributed by atoms with Crippen molar-refractivity contribution in [3.63, 3.8) is 0 Å². The molecule has 1 amide bonds. The van der Waals surface area contributed by atoms with Gasteiger partial charge in [-0.1, -0.05) is 12.1 Å². The van der Waals surface area contributed by atoms with Crippen molar-refractivity contribution in [2.75, 3.05) is 14.2 Å². The zero-order valence-electron chi connectivity index (χ0n) is 10.8. The van der Waals surface area contributed by atoms with Gasteiger partial charge in [0, 0.05) is 12.3 Å². The van der Waals surface area contributed by atoms with E-state index in [2.05, 4.69) is 11.4 Å². The molecule has 1 aromatic rings. The Hall–Kier alpha value is -2.48. The quantitative estimate of drug-likeness (QED) is 0.895. The number of ether oxygens (including phenoxy) is 2. The Kier molecular flexibility index (Phi) is 3.71. The molecule has 19 heavy (non-hydrogen) atoms. The van der Waals surface area contributed by atoms with Gasteiger partial charge in [0.2, 0.25) is 11.8 Å². The predicted molar refractivity (Wildman–Crippen MR) is 68.1 cm³/mol. The van der Waals surface area contributed by atoms with E-state index in [1.807, 2.05) is 24.3 Å². The van der Waals surface area contributed by atoms with Gasteiger partial charge in [0.05, 0.1) is 19.8 Å². The van der Waals surface area contributed by atoms with Crippen LogP contribution in [0.1, 0.15) is 17.9 Å². The number of hydrogen-bond acceptors (Lipinski definition) is 4. The third-order valence-electron chi connectivity index (χ3n) is 3.08. The van der Waals surface area contributed by atoms with E-state index < -0.39 is 0 Å². The lowest BCUT2D eigenvalue weighted by Gasteiger charge is -2.24. The molecule has 1 aliphatic rings. The summed E-state index contributed by atoms with van der Waals surface area (Å²) in [6.07, 6.45) is 0.238. The number of amides is 1. The van der Waals surface area contributed by atoms with Crippen molar-refractivity contribution in [1.29, 1.82) is 5.26 Å². The van der Waals surface area contributed by atoms with Crippen molar-refractivity contribution in [2.45, 2.75) is 12.3 Å². The standard InChI is InChI=1S/C14H14N2O3/c1-18-10-5-3-9(4-6-10)11-7-13(17)16-14(19-2)12(11)8-15/h3-6,11H,7H2,1-2H3,(H,16,17). The van der Waals surface area contributed by atoms with Crippen LogP contribution in [0.25, 0.3) is 0 Å². The SMILES string of the molecule is COC1=C(C#N)C(c2ccc(OC)cc2)CC(=O)N1. The molecule has 0 saturated heterocycles. The zero-order valence-corrected chi connectivity index (χ0v) is 10.8. The highest BCUT2D eigenvalue weighted by Crippen LogP contribution is 2.33. The molecule has 1 N–H and O–H groups in total. The highest BCUT2D eigenvalue weighted by molar-refractivity contribution is 5.81. The van der Waals surface area contributed by atoms with E-state index in [1.54, 1.807) is 7.11 Å². The Labute approximate surface area is 111 Å². The largest absolute Gasteiger partial charge is 0.497 e. The maximum absolute atomic E-state index is 11.6. The molecule has 1 aliphatic heterocycles. The van der Waals surface area contributed by atoms with Crippen LogP contribution < -0.4 is 10.1 Å². The van der Waals surface area contributed by atoms with Gasteiger partial charge in [0.15, 0.2) is 0 Å². The van der Waals surface area contributed by atoms with Gasteiger partial charge in [-0.05, 0) is 17.7 Å². The van der Waals surface area contributed by atoms with E-state index in [0.717, 1.165) is 11.3 Å². The van der Waals surface area contributed by atoms with Crippen molar-refractivity contribution < 1.29 is 14.3 Å². The Morgan fingerprint density at radius 3 is 2.47 bits per heavy atom. The monoisotopic (exact) mass is 258 g/mol. The molecule has 0 saturated carbocycles. The fourth-order valence-electron chi connectivity index (χ4n) is 2.10.